The lowest BCUT2D eigenvalue weighted by Gasteiger charge is -2.06. The van der Waals surface area contributed by atoms with Crippen LogP contribution >= 0.6 is 12.2 Å². The SMILES string of the molecule is CCCCCCCC(=S)Nc1ccccn1. The highest BCUT2D eigenvalue weighted by molar-refractivity contribution is 7.80. The predicted octanol–water partition coefficient (Wildman–Crippen LogP) is 4.18. The van der Waals surface area contributed by atoms with Crippen LogP contribution in [0, 0.1) is 0 Å². The van der Waals surface area contributed by atoms with E-state index in [9.17, 15) is 0 Å². The summed E-state index contributed by atoms with van der Waals surface area (Å²) >= 11 is 5.26. The molecule has 16 heavy (non-hydrogen) atoms. The van der Waals surface area contributed by atoms with Gasteiger partial charge in [-0.2, -0.15) is 0 Å². The van der Waals surface area contributed by atoms with Crippen LogP contribution in [0.3, 0.4) is 0 Å². The number of rotatable bonds is 7. The number of nitrogens with one attached hydrogen (secondary N) is 1. The van der Waals surface area contributed by atoms with Crippen molar-refractivity contribution in [2.45, 2.75) is 45.4 Å². The summed E-state index contributed by atoms with van der Waals surface area (Å²) in [5.74, 6) is 0.848. The monoisotopic (exact) mass is 236 g/mol. The molecule has 0 fully saturated rings. The van der Waals surface area contributed by atoms with Crippen LogP contribution in [-0.4, -0.2) is 9.97 Å². The predicted molar refractivity (Wildman–Crippen MR) is 73.8 cm³/mol. The first-order valence-corrected chi connectivity index (χ1v) is 6.44. The van der Waals surface area contributed by atoms with E-state index in [1.165, 1.54) is 32.1 Å². The highest BCUT2D eigenvalue weighted by Gasteiger charge is 1.98. The van der Waals surface area contributed by atoms with Crippen molar-refractivity contribution in [3.63, 3.8) is 0 Å². The topological polar surface area (TPSA) is 24.9 Å². The van der Waals surface area contributed by atoms with E-state index in [0.29, 0.717) is 0 Å². The Balaban J connectivity index is 2.12. The number of pyridine rings is 1. The second-order valence-electron chi connectivity index (χ2n) is 3.93. The minimum atomic E-state index is 0.848. The maximum absolute atomic E-state index is 5.26. The molecule has 3 heteroatoms. The van der Waals surface area contributed by atoms with E-state index in [2.05, 4.69) is 17.2 Å². The van der Waals surface area contributed by atoms with Gasteiger partial charge in [-0.05, 0) is 25.0 Å². The van der Waals surface area contributed by atoms with Crippen LogP contribution in [0.2, 0.25) is 0 Å². The molecule has 0 amide bonds. The molecule has 1 aromatic heterocycles. The molecule has 0 unspecified atom stereocenters. The van der Waals surface area contributed by atoms with E-state index in [0.717, 1.165) is 17.2 Å². The first-order valence-electron chi connectivity index (χ1n) is 6.04. The van der Waals surface area contributed by atoms with E-state index in [1.54, 1.807) is 6.20 Å². The van der Waals surface area contributed by atoms with Gasteiger partial charge in [-0.3, -0.25) is 0 Å². The summed E-state index contributed by atoms with van der Waals surface area (Å²) in [6.45, 7) is 2.23. The van der Waals surface area contributed by atoms with Gasteiger partial charge in [0.2, 0.25) is 0 Å². The quantitative estimate of drug-likeness (QED) is 0.568. The van der Waals surface area contributed by atoms with Crippen LogP contribution in [-0.2, 0) is 0 Å². The third-order valence-corrected chi connectivity index (χ3v) is 2.75. The fraction of sp³-hybridized carbons (Fsp3) is 0.538. The van der Waals surface area contributed by atoms with Crippen LogP contribution in [0.15, 0.2) is 24.4 Å². The average molecular weight is 236 g/mol. The zero-order chi connectivity index (χ0) is 11.6. The zero-order valence-corrected chi connectivity index (χ0v) is 10.7. The largest absolute Gasteiger partial charge is 0.335 e. The molecular weight excluding hydrogens is 216 g/mol. The van der Waals surface area contributed by atoms with Crippen molar-refractivity contribution in [3.8, 4) is 0 Å². The average Bonchev–Trinajstić information content (AvgIpc) is 2.30. The Hall–Kier alpha value is -0.960. The second kappa shape index (κ2) is 8.22. The van der Waals surface area contributed by atoms with E-state index in [1.807, 2.05) is 18.2 Å². The normalized spacial score (nSPS) is 10.1. The molecule has 0 saturated carbocycles. The third-order valence-electron chi connectivity index (χ3n) is 2.44. The van der Waals surface area contributed by atoms with Gasteiger partial charge in [0.1, 0.15) is 5.82 Å². The molecule has 0 saturated heterocycles. The second-order valence-corrected chi connectivity index (χ2v) is 4.42. The molecular formula is C13H20N2S. The van der Waals surface area contributed by atoms with Crippen LogP contribution in [0.1, 0.15) is 45.4 Å². The van der Waals surface area contributed by atoms with Crippen molar-refractivity contribution in [1.29, 1.82) is 0 Å². The van der Waals surface area contributed by atoms with Gasteiger partial charge >= 0.3 is 0 Å². The minimum absolute atomic E-state index is 0.848. The molecule has 0 spiro atoms. The molecule has 0 aliphatic carbocycles. The molecule has 0 aromatic carbocycles. The third kappa shape index (κ3) is 5.81. The van der Waals surface area contributed by atoms with Crippen molar-refractivity contribution in [2.75, 3.05) is 5.32 Å². The van der Waals surface area contributed by atoms with Crippen LogP contribution in [0.25, 0.3) is 0 Å². The first-order chi connectivity index (χ1) is 7.83. The summed E-state index contributed by atoms with van der Waals surface area (Å²) in [5, 5.41) is 3.15. The molecule has 1 rings (SSSR count). The number of anilines is 1. The number of hydrogen-bond donors (Lipinski definition) is 1. The van der Waals surface area contributed by atoms with Gasteiger partial charge < -0.3 is 5.32 Å². The Labute approximate surface area is 103 Å². The van der Waals surface area contributed by atoms with E-state index in [-0.39, 0.29) is 0 Å². The molecule has 1 N–H and O–H groups in total. The maximum atomic E-state index is 5.26. The number of thiocarbonyl (C=S) groups is 1. The molecule has 1 heterocycles. The smallest absolute Gasteiger partial charge is 0.130 e. The molecule has 1 aromatic rings. The lowest BCUT2D eigenvalue weighted by atomic mass is 10.1. The molecule has 88 valence electrons. The summed E-state index contributed by atoms with van der Waals surface area (Å²) < 4.78 is 0. The summed E-state index contributed by atoms with van der Waals surface area (Å²) in [6, 6.07) is 5.79. The van der Waals surface area contributed by atoms with Gasteiger partial charge in [0.15, 0.2) is 0 Å². The summed E-state index contributed by atoms with van der Waals surface area (Å²) in [4.78, 5) is 5.08. The Bertz CT molecular complexity index is 298. The van der Waals surface area contributed by atoms with Crippen molar-refractivity contribution >= 4 is 23.0 Å². The molecule has 0 aliphatic heterocycles. The summed E-state index contributed by atoms with van der Waals surface area (Å²) in [5.41, 5.74) is 0. The van der Waals surface area contributed by atoms with Gasteiger partial charge in [0, 0.05) is 6.20 Å². The van der Waals surface area contributed by atoms with Crippen molar-refractivity contribution in [3.05, 3.63) is 24.4 Å². The number of aromatic nitrogens is 1. The number of hydrogen-bond acceptors (Lipinski definition) is 2. The van der Waals surface area contributed by atoms with Gasteiger partial charge in [-0.15, -0.1) is 0 Å². The van der Waals surface area contributed by atoms with Crippen LogP contribution in [0.4, 0.5) is 5.82 Å². The van der Waals surface area contributed by atoms with Gasteiger partial charge in [0.25, 0.3) is 0 Å². The van der Waals surface area contributed by atoms with Gasteiger partial charge in [0.05, 0.1) is 4.99 Å². The molecule has 0 aliphatic rings. The Morgan fingerprint density at radius 2 is 2.06 bits per heavy atom. The van der Waals surface area contributed by atoms with Gasteiger partial charge in [-0.1, -0.05) is 50.9 Å². The summed E-state index contributed by atoms with van der Waals surface area (Å²) in [7, 11) is 0. The lowest BCUT2D eigenvalue weighted by Crippen LogP contribution is -2.09. The fourth-order valence-electron chi connectivity index (χ4n) is 1.53. The zero-order valence-electron chi connectivity index (χ0n) is 9.91. The standard InChI is InChI=1S/C13H20N2S/c1-2-3-4-5-6-10-13(16)15-12-9-7-8-11-14-12/h7-9,11H,2-6,10H2,1H3,(H,14,15,16). The minimum Gasteiger partial charge on any atom is -0.335 e. The highest BCUT2D eigenvalue weighted by atomic mass is 32.1. The van der Waals surface area contributed by atoms with Crippen molar-refractivity contribution in [2.24, 2.45) is 0 Å². The molecule has 0 radical (unpaired) electrons. The number of unbranched alkanes of at least 4 members (excludes halogenated alkanes) is 4. The molecule has 0 atom stereocenters. The van der Waals surface area contributed by atoms with E-state index in [4.69, 9.17) is 12.2 Å². The Kier molecular flexibility index (Phi) is 6.74. The number of nitrogens with zero attached hydrogens (tertiary/aromatic N) is 1. The fourth-order valence-corrected chi connectivity index (χ4v) is 1.78. The highest BCUT2D eigenvalue weighted by Crippen LogP contribution is 2.08. The Morgan fingerprint density at radius 3 is 2.75 bits per heavy atom. The van der Waals surface area contributed by atoms with E-state index < -0.39 is 0 Å². The van der Waals surface area contributed by atoms with Crippen LogP contribution < -0.4 is 5.32 Å². The lowest BCUT2D eigenvalue weighted by molar-refractivity contribution is 0.644. The first kappa shape index (κ1) is 13.1. The van der Waals surface area contributed by atoms with Crippen molar-refractivity contribution in [1.82, 2.24) is 4.98 Å². The molecule has 2 nitrogen and oxygen atoms in total. The van der Waals surface area contributed by atoms with Gasteiger partial charge in [-0.25, -0.2) is 4.98 Å². The maximum Gasteiger partial charge on any atom is 0.130 e. The Morgan fingerprint density at radius 1 is 1.25 bits per heavy atom. The van der Waals surface area contributed by atoms with Crippen LogP contribution in [0.5, 0.6) is 0 Å². The molecule has 0 bridgehead atoms. The van der Waals surface area contributed by atoms with E-state index >= 15 is 0 Å². The van der Waals surface area contributed by atoms with Crippen molar-refractivity contribution < 1.29 is 0 Å². The summed E-state index contributed by atoms with van der Waals surface area (Å²) in [6.07, 6.45) is 9.14.